The molecule has 3 unspecified atom stereocenters. The topological polar surface area (TPSA) is 194 Å². The molecule has 3 atom stereocenters. The predicted molar refractivity (Wildman–Crippen MR) is 130 cm³/mol. The number of carbonyl (C=O) groups is 3. The number of benzene rings is 2. The van der Waals surface area contributed by atoms with Gasteiger partial charge >= 0.3 is 18.4 Å². The molecular weight excluding hydrogens is 511 g/mol. The molecule has 0 radical (unpaired) electrons. The first-order valence-corrected chi connectivity index (χ1v) is 11.1. The highest BCUT2D eigenvalue weighted by molar-refractivity contribution is 5.91. The molecule has 2 aromatic rings. The standard InChI is InChI=1S/C23H26F3N7O5/c1-2-16(29-21(27)28)18(20(35)36)31-19(34)17(12-13-6-4-3-5-7-13)30-22(37)33-32-14-8-10-15(11-9-14)38-23(24,25)26/h3-11,16-18H,2,12H2,1H3,(H,30,37)(H,31,34)(H,35,36)(H4,27,28,29). The summed E-state index contributed by atoms with van der Waals surface area (Å²) in [5.74, 6) is -3.08. The van der Waals surface area contributed by atoms with Crippen molar-refractivity contribution in [1.29, 1.82) is 0 Å². The van der Waals surface area contributed by atoms with E-state index in [1.807, 2.05) is 0 Å². The van der Waals surface area contributed by atoms with Crippen molar-refractivity contribution in [2.45, 2.75) is 44.3 Å². The van der Waals surface area contributed by atoms with Gasteiger partial charge in [-0.15, -0.1) is 18.3 Å². The van der Waals surface area contributed by atoms with Gasteiger partial charge in [-0.2, -0.15) is 0 Å². The molecule has 0 aliphatic rings. The second-order valence-electron chi connectivity index (χ2n) is 7.79. The van der Waals surface area contributed by atoms with Gasteiger partial charge in [-0.05, 0) is 36.2 Å². The number of urea groups is 1. The van der Waals surface area contributed by atoms with E-state index in [-0.39, 0.29) is 24.5 Å². The highest BCUT2D eigenvalue weighted by atomic mass is 19.4. The molecule has 0 fully saturated rings. The van der Waals surface area contributed by atoms with Crippen molar-refractivity contribution in [3.63, 3.8) is 0 Å². The number of azo groups is 1. The molecule has 0 aliphatic carbocycles. The van der Waals surface area contributed by atoms with Crippen molar-refractivity contribution >= 4 is 29.6 Å². The third-order valence-electron chi connectivity index (χ3n) is 4.91. The summed E-state index contributed by atoms with van der Waals surface area (Å²) in [6.45, 7) is 1.63. The lowest BCUT2D eigenvalue weighted by atomic mass is 10.0. The van der Waals surface area contributed by atoms with Crippen LogP contribution >= 0.6 is 0 Å². The molecular formula is C23H26F3N7O5. The van der Waals surface area contributed by atoms with E-state index in [4.69, 9.17) is 11.5 Å². The van der Waals surface area contributed by atoms with E-state index in [0.717, 1.165) is 24.3 Å². The average Bonchev–Trinajstić information content (AvgIpc) is 2.84. The number of carboxylic acids is 1. The Kier molecular flexibility index (Phi) is 10.6. The Morgan fingerprint density at radius 1 is 1.03 bits per heavy atom. The highest BCUT2D eigenvalue weighted by Crippen LogP contribution is 2.25. The molecule has 12 nitrogen and oxygen atoms in total. The van der Waals surface area contributed by atoms with Gasteiger partial charge in [0.2, 0.25) is 5.91 Å². The number of aliphatic imine (C=N–C) groups is 1. The molecule has 0 saturated carbocycles. The number of carbonyl (C=O) groups excluding carboxylic acids is 2. The predicted octanol–water partition coefficient (Wildman–Crippen LogP) is 2.61. The molecule has 3 amide bonds. The van der Waals surface area contributed by atoms with E-state index in [9.17, 15) is 32.7 Å². The zero-order valence-electron chi connectivity index (χ0n) is 20.1. The largest absolute Gasteiger partial charge is 0.573 e. The molecule has 204 valence electrons. The van der Waals surface area contributed by atoms with Crippen molar-refractivity contribution < 1.29 is 37.4 Å². The van der Waals surface area contributed by atoms with Crippen molar-refractivity contribution in [3.05, 3.63) is 60.2 Å². The maximum Gasteiger partial charge on any atom is 0.573 e. The molecule has 0 bridgehead atoms. The van der Waals surface area contributed by atoms with E-state index in [0.29, 0.717) is 5.56 Å². The Balaban J connectivity index is 2.18. The SMILES string of the molecule is CCC(N=C(N)N)C(NC(=O)C(Cc1ccccc1)NC(=O)N=Nc1ccc(OC(F)(F)F)cc1)C(=O)O. The Bertz CT molecular complexity index is 1150. The summed E-state index contributed by atoms with van der Waals surface area (Å²) in [5, 5.41) is 21.4. The van der Waals surface area contributed by atoms with Gasteiger partial charge in [0, 0.05) is 6.42 Å². The number of nitrogens with zero attached hydrogens (tertiary/aromatic N) is 3. The number of hydrogen-bond acceptors (Lipinski definition) is 6. The minimum absolute atomic E-state index is 0.0250. The number of amides is 3. The molecule has 0 heterocycles. The molecule has 15 heteroatoms. The van der Waals surface area contributed by atoms with E-state index >= 15 is 0 Å². The van der Waals surface area contributed by atoms with Crippen LogP contribution in [0.1, 0.15) is 18.9 Å². The van der Waals surface area contributed by atoms with Crippen LogP contribution < -0.4 is 26.8 Å². The van der Waals surface area contributed by atoms with Crippen LogP contribution in [0.4, 0.5) is 23.7 Å². The third-order valence-corrected chi connectivity index (χ3v) is 4.91. The van der Waals surface area contributed by atoms with E-state index in [1.54, 1.807) is 37.3 Å². The van der Waals surface area contributed by atoms with Crippen LogP contribution in [0.2, 0.25) is 0 Å². The number of aliphatic carboxylic acids is 1. The van der Waals surface area contributed by atoms with Gasteiger partial charge in [-0.3, -0.25) is 4.79 Å². The number of alkyl halides is 3. The molecule has 0 spiro atoms. The van der Waals surface area contributed by atoms with Crippen LogP contribution in [-0.4, -0.2) is 53.5 Å². The van der Waals surface area contributed by atoms with Gasteiger partial charge in [-0.25, -0.2) is 14.6 Å². The molecule has 7 N–H and O–H groups in total. The average molecular weight is 537 g/mol. The Hall–Kier alpha value is -4.69. The van der Waals surface area contributed by atoms with Crippen LogP contribution in [0.15, 0.2) is 69.8 Å². The number of carboxylic acid groups (broad SMARTS) is 1. The maximum atomic E-state index is 13.1. The quantitative estimate of drug-likeness (QED) is 0.165. The first-order chi connectivity index (χ1) is 17.9. The lowest BCUT2D eigenvalue weighted by Gasteiger charge is -2.24. The summed E-state index contributed by atoms with van der Waals surface area (Å²) >= 11 is 0. The van der Waals surface area contributed by atoms with E-state index < -0.39 is 48.1 Å². The van der Waals surface area contributed by atoms with Gasteiger partial charge in [0.15, 0.2) is 5.96 Å². The number of ether oxygens (including phenoxy) is 1. The Labute approximate surface area is 215 Å². The first kappa shape index (κ1) is 29.5. The fourth-order valence-electron chi connectivity index (χ4n) is 3.22. The van der Waals surface area contributed by atoms with Crippen LogP contribution in [0.5, 0.6) is 5.75 Å². The smallest absolute Gasteiger partial charge is 0.480 e. The van der Waals surface area contributed by atoms with Crippen molar-refractivity contribution in [1.82, 2.24) is 10.6 Å². The summed E-state index contributed by atoms with van der Waals surface area (Å²) in [4.78, 5) is 41.2. The normalized spacial score (nSPS) is 13.7. The van der Waals surface area contributed by atoms with Gasteiger partial charge in [0.05, 0.1) is 11.7 Å². The first-order valence-electron chi connectivity index (χ1n) is 11.1. The Morgan fingerprint density at radius 3 is 2.18 bits per heavy atom. The number of rotatable bonds is 11. The number of hydrogen-bond donors (Lipinski definition) is 5. The fourth-order valence-corrected chi connectivity index (χ4v) is 3.22. The van der Waals surface area contributed by atoms with E-state index in [2.05, 4.69) is 30.6 Å². The summed E-state index contributed by atoms with van der Waals surface area (Å²) in [6, 6.07) is 8.01. The number of halogens is 3. The number of guanidine groups is 1. The summed E-state index contributed by atoms with van der Waals surface area (Å²) in [5.41, 5.74) is 11.4. The lowest BCUT2D eigenvalue weighted by molar-refractivity contribution is -0.274. The third kappa shape index (κ3) is 10.1. The minimum Gasteiger partial charge on any atom is -0.480 e. The van der Waals surface area contributed by atoms with E-state index in [1.165, 1.54) is 0 Å². The molecule has 0 aromatic heterocycles. The Morgan fingerprint density at radius 2 is 1.66 bits per heavy atom. The van der Waals surface area contributed by atoms with Gasteiger partial charge < -0.3 is 31.9 Å². The summed E-state index contributed by atoms with van der Waals surface area (Å²) in [7, 11) is 0. The maximum absolute atomic E-state index is 13.1. The number of nitrogens with two attached hydrogens (primary N) is 2. The van der Waals surface area contributed by atoms with Crippen LogP contribution in [-0.2, 0) is 16.0 Å². The molecule has 2 aromatic carbocycles. The molecule has 0 saturated heterocycles. The molecule has 38 heavy (non-hydrogen) atoms. The van der Waals surface area contributed by atoms with Gasteiger partial charge in [0.1, 0.15) is 17.8 Å². The molecule has 2 rings (SSSR count). The number of nitrogens with one attached hydrogen (secondary N) is 2. The zero-order chi connectivity index (χ0) is 28.3. The zero-order valence-corrected chi connectivity index (χ0v) is 20.1. The second-order valence-corrected chi connectivity index (χ2v) is 7.79. The van der Waals surface area contributed by atoms with Crippen molar-refractivity contribution in [2.75, 3.05) is 0 Å². The second kappa shape index (κ2) is 13.6. The fraction of sp³-hybridized carbons (Fsp3) is 0.304. The molecule has 0 aliphatic heterocycles. The minimum atomic E-state index is -4.86. The van der Waals surface area contributed by atoms with Crippen LogP contribution in [0, 0.1) is 0 Å². The monoisotopic (exact) mass is 537 g/mol. The summed E-state index contributed by atoms with van der Waals surface area (Å²) in [6.07, 6.45) is -4.70. The van der Waals surface area contributed by atoms with Crippen LogP contribution in [0.3, 0.4) is 0 Å². The van der Waals surface area contributed by atoms with Crippen molar-refractivity contribution in [3.8, 4) is 5.75 Å². The van der Waals surface area contributed by atoms with Crippen molar-refractivity contribution in [2.24, 2.45) is 26.7 Å². The summed E-state index contributed by atoms with van der Waals surface area (Å²) < 4.78 is 40.6. The van der Waals surface area contributed by atoms with Gasteiger partial charge in [-0.1, -0.05) is 42.4 Å². The van der Waals surface area contributed by atoms with Crippen LogP contribution in [0.25, 0.3) is 0 Å². The van der Waals surface area contributed by atoms with Gasteiger partial charge in [0.25, 0.3) is 0 Å². The highest BCUT2D eigenvalue weighted by Gasteiger charge is 2.32. The lowest BCUT2D eigenvalue weighted by Crippen LogP contribution is -2.55.